The molecule has 1 aromatic heterocycles. The Morgan fingerprint density at radius 2 is 1.62 bits per heavy atom. The lowest BCUT2D eigenvalue weighted by Crippen LogP contribution is -2.40. The van der Waals surface area contributed by atoms with Crippen molar-refractivity contribution in [2.45, 2.75) is 6.54 Å². The molecule has 1 saturated heterocycles. The Labute approximate surface area is 197 Å². The van der Waals surface area contributed by atoms with Gasteiger partial charge in [0.2, 0.25) is 5.91 Å². The van der Waals surface area contributed by atoms with E-state index in [1.807, 2.05) is 0 Å². The fourth-order valence-electron chi connectivity index (χ4n) is 3.52. The van der Waals surface area contributed by atoms with E-state index < -0.39 is 0 Å². The van der Waals surface area contributed by atoms with Gasteiger partial charge >= 0.3 is 0 Å². The molecule has 2 aromatic carbocycles. The molecule has 0 atom stereocenters. The zero-order valence-corrected chi connectivity index (χ0v) is 18.6. The molecular formula is C25H26N4O5. The van der Waals surface area contributed by atoms with E-state index in [-0.39, 0.29) is 30.8 Å². The topological polar surface area (TPSA) is 113 Å². The highest BCUT2D eigenvalue weighted by atomic mass is 16.5. The molecule has 0 spiro atoms. The molecule has 0 saturated carbocycles. The first kappa shape index (κ1) is 23.1. The molecule has 3 aromatic rings. The van der Waals surface area contributed by atoms with Gasteiger partial charge in [0, 0.05) is 35.6 Å². The summed E-state index contributed by atoms with van der Waals surface area (Å²) in [6.45, 7) is 2.49. The first-order valence-corrected chi connectivity index (χ1v) is 11.0. The summed E-state index contributed by atoms with van der Waals surface area (Å²) < 4.78 is 10.5. The summed E-state index contributed by atoms with van der Waals surface area (Å²) in [5.74, 6) is 0.0450. The van der Waals surface area contributed by atoms with E-state index in [0.29, 0.717) is 54.6 Å². The van der Waals surface area contributed by atoms with Crippen LogP contribution in [0, 0.1) is 0 Å². The first-order valence-electron chi connectivity index (χ1n) is 11.0. The van der Waals surface area contributed by atoms with E-state index in [2.05, 4.69) is 16.0 Å². The van der Waals surface area contributed by atoms with Crippen LogP contribution >= 0.6 is 0 Å². The monoisotopic (exact) mass is 462 g/mol. The van der Waals surface area contributed by atoms with Crippen molar-refractivity contribution < 1.29 is 23.5 Å². The minimum absolute atomic E-state index is 0.00408. The number of hydrogen-bond donors (Lipinski definition) is 3. The molecule has 0 aliphatic carbocycles. The number of nitrogens with one attached hydrogen (secondary N) is 3. The lowest BCUT2D eigenvalue weighted by Gasteiger charge is -2.27. The van der Waals surface area contributed by atoms with Crippen LogP contribution in [0.15, 0.2) is 71.3 Å². The maximum atomic E-state index is 12.7. The number of amides is 3. The molecule has 0 radical (unpaired) electrons. The molecule has 3 N–H and O–H groups in total. The van der Waals surface area contributed by atoms with Crippen molar-refractivity contribution in [2.75, 3.05) is 43.5 Å². The summed E-state index contributed by atoms with van der Waals surface area (Å²) >= 11 is 0. The van der Waals surface area contributed by atoms with Gasteiger partial charge in [-0.15, -0.1) is 0 Å². The number of ether oxygens (including phenoxy) is 1. The summed E-state index contributed by atoms with van der Waals surface area (Å²) in [5.41, 5.74) is 2.15. The second-order valence-electron chi connectivity index (χ2n) is 7.73. The summed E-state index contributed by atoms with van der Waals surface area (Å²) in [4.78, 5) is 39.2. The van der Waals surface area contributed by atoms with Crippen molar-refractivity contribution in [1.82, 2.24) is 10.2 Å². The van der Waals surface area contributed by atoms with Crippen LogP contribution < -0.4 is 16.0 Å². The van der Waals surface area contributed by atoms with Crippen LogP contribution in [-0.2, 0) is 16.1 Å². The number of hydrogen-bond acceptors (Lipinski definition) is 6. The maximum absolute atomic E-state index is 12.7. The number of furan rings is 1. The van der Waals surface area contributed by atoms with Crippen LogP contribution in [-0.4, -0.2) is 55.5 Å². The Balaban J connectivity index is 1.29. The highest BCUT2D eigenvalue weighted by molar-refractivity contribution is 5.98. The Morgan fingerprint density at radius 3 is 2.38 bits per heavy atom. The number of carbonyl (C=O) groups is 3. The number of anilines is 2. The average Bonchev–Trinajstić information content (AvgIpc) is 3.40. The third-order valence-electron chi connectivity index (χ3n) is 5.27. The lowest BCUT2D eigenvalue weighted by molar-refractivity contribution is -0.114. The fraction of sp³-hybridized carbons (Fsp3) is 0.240. The second-order valence-corrected chi connectivity index (χ2v) is 7.73. The van der Waals surface area contributed by atoms with E-state index in [1.165, 1.54) is 0 Å². The van der Waals surface area contributed by atoms with Gasteiger partial charge in [-0.2, -0.15) is 0 Å². The fourth-order valence-corrected chi connectivity index (χ4v) is 3.52. The molecule has 1 aliphatic rings. The predicted octanol–water partition coefficient (Wildman–Crippen LogP) is 2.73. The van der Waals surface area contributed by atoms with Crippen LogP contribution in [0.3, 0.4) is 0 Å². The zero-order chi connectivity index (χ0) is 23.8. The third kappa shape index (κ3) is 6.23. The van der Waals surface area contributed by atoms with E-state index >= 15 is 0 Å². The number of nitrogens with zero attached hydrogens (tertiary/aromatic N) is 1. The first-order chi connectivity index (χ1) is 16.6. The summed E-state index contributed by atoms with van der Waals surface area (Å²) in [5, 5.41) is 8.59. The summed E-state index contributed by atoms with van der Waals surface area (Å²) in [7, 11) is 0. The molecular weight excluding hydrogens is 436 g/mol. The molecule has 2 heterocycles. The van der Waals surface area contributed by atoms with Crippen LogP contribution in [0.25, 0.3) is 0 Å². The molecule has 1 aliphatic heterocycles. The molecule has 9 nitrogen and oxygen atoms in total. The Hall–Kier alpha value is -4.11. The van der Waals surface area contributed by atoms with Gasteiger partial charge < -0.3 is 30.0 Å². The highest BCUT2D eigenvalue weighted by Gasteiger charge is 2.18. The predicted molar refractivity (Wildman–Crippen MR) is 127 cm³/mol. The van der Waals surface area contributed by atoms with Gasteiger partial charge in [-0.25, -0.2) is 0 Å². The number of morpholine rings is 1. The van der Waals surface area contributed by atoms with Crippen LogP contribution in [0.1, 0.15) is 26.5 Å². The lowest BCUT2D eigenvalue weighted by atomic mass is 10.1. The molecule has 3 amide bonds. The normalized spacial score (nSPS) is 13.2. The molecule has 176 valence electrons. The minimum Gasteiger partial charge on any atom is -0.467 e. The smallest absolute Gasteiger partial charge is 0.254 e. The number of benzene rings is 2. The van der Waals surface area contributed by atoms with E-state index in [1.54, 1.807) is 71.8 Å². The molecule has 4 rings (SSSR count). The molecule has 9 heteroatoms. The molecule has 0 unspecified atom stereocenters. The number of carbonyl (C=O) groups excluding carboxylic acids is 3. The second kappa shape index (κ2) is 11.2. The Morgan fingerprint density at radius 1 is 0.882 bits per heavy atom. The minimum atomic E-state index is -0.280. The standard InChI is InChI=1S/C25H26N4O5/c30-23(17-26-20-6-2-5-19(15-20)25(32)29-9-12-33-13-10-29)28-21-7-1-4-18(14-21)24(31)27-16-22-8-3-11-34-22/h1-8,11,14-15,26H,9-10,12-13,16-17H2,(H,27,31)(H,28,30). The van der Waals surface area contributed by atoms with E-state index in [0.717, 1.165) is 0 Å². The zero-order valence-electron chi connectivity index (χ0n) is 18.6. The van der Waals surface area contributed by atoms with Gasteiger partial charge in [-0.1, -0.05) is 12.1 Å². The van der Waals surface area contributed by atoms with Gasteiger partial charge in [0.25, 0.3) is 11.8 Å². The third-order valence-corrected chi connectivity index (χ3v) is 5.27. The van der Waals surface area contributed by atoms with Gasteiger partial charge in [0.05, 0.1) is 32.6 Å². The van der Waals surface area contributed by atoms with Gasteiger partial charge in [-0.05, 0) is 48.5 Å². The van der Waals surface area contributed by atoms with Crippen LogP contribution in [0.2, 0.25) is 0 Å². The quantitative estimate of drug-likeness (QED) is 0.475. The van der Waals surface area contributed by atoms with Crippen molar-refractivity contribution in [3.63, 3.8) is 0 Å². The van der Waals surface area contributed by atoms with Crippen LogP contribution in [0.5, 0.6) is 0 Å². The van der Waals surface area contributed by atoms with Crippen LogP contribution in [0.4, 0.5) is 11.4 Å². The van der Waals surface area contributed by atoms with E-state index in [9.17, 15) is 14.4 Å². The Bertz CT molecular complexity index is 1140. The van der Waals surface area contributed by atoms with Gasteiger partial charge in [0.1, 0.15) is 5.76 Å². The van der Waals surface area contributed by atoms with Gasteiger partial charge in [0.15, 0.2) is 0 Å². The Kier molecular flexibility index (Phi) is 7.56. The van der Waals surface area contributed by atoms with Crippen molar-refractivity contribution in [3.8, 4) is 0 Å². The van der Waals surface area contributed by atoms with Gasteiger partial charge in [-0.3, -0.25) is 14.4 Å². The van der Waals surface area contributed by atoms with Crippen molar-refractivity contribution in [1.29, 1.82) is 0 Å². The SMILES string of the molecule is O=C(CNc1cccc(C(=O)N2CCOCC2)c1)Nc1cccc(C(=O)NCc2ccco2)c1. The highest BCUT2D eigenvalue weighted by Crippen LogP contribution is 2.15. The van der Waals surface area contributed by atoms with Crippen molar-refractivity contribution in [3.05, 3.63) is 83.8 Å². The number of rotatable bonds is 8. The largest absolute Gasteiger partial charge is 0.467 e. The summed E-state index contributed by atoms with van der Waals surface area (Å²) in [6.07, 6.45) is 1.55. The molecule has 34 heavy (non-hydrogen) atoms. The van der Waals surface area contributed by atoms with Crippen molar-refractivity contribution in [2.24, 2.45) is 0 Å². The molecule has 0 bridgehead atoms. The maximum Gasteiger partial charge on any atom is 0.254 e. The summed E-state index contributed by atoms with van der Waals surface area (Å²) in [6, 6.07) is 17.3. The average molecular weight is 463 g/mol. The van der Waals surface area contributed by atoms with Crippen molar-refractivity contribution >= 4 is 29.1 Å². The van der Waals surface area contributed by atoms with E-state index in [4.69, 9.17) is 9.15 Å². The molecule has 1 fully saturated rings.